The molecule has 4 rings (SSSR count). The number of nitrogens with zero attached hydrogens (tertiary/aromatic N) is 2. The minimum atomic E-state index is -3.28. The van der Waals surface area contributed by atoms with Crippen molar-refractivity contribution in [3.8, 4) is 0 Å². The zero-order valence-electron chi connectivity index (χ0n) is 15.6. The number of aromatic nitrogens is 1. The third kappa shape index (κ3) is 3.57. The summed E-state index contributed by atoms with van der Waals surface area (Å²) in [5.41, 5.74) is 4.15. The number of fused-ring (bicyclic) bond motifs is 2. The number of sulfonamides is 1. The van der Waals surface area contributed by atoms with Gasteiger partial charge in [0.2, 0.25) is 10.0 Å². The van der Waals surface area contributed by atoms with Crippen molar-refractivity contribution in [3.63, 3.8) is 0 Å². The van der Waals surface area contributed by atoms with Gasteiger partial charge < -0.3 is 5.32 Å². The van der Waals surface area contributed by atoms with Crippen LogP contribution in [0.1, 0.15) is 21.5 Å². The van der Waals surface area contributed by atoms with Crippen molar-refractivity contribution in [1.29, 1.82) is 0 Å². The van der Waals surface area contributed by atoms with Gasteiger partial charge in [0, 0.05) is 30.2 Å². The van der Waals surface area contributed by atoms with Gasteiger partial charge in [0.1, 0.15) is 0 Å². The maximum atomic E-state index is 12.5. The average molecular weight is 395 g/mol. The molecule has 28 heavy (non-hydrogen) atoms. The van der Waals surface area contributed by atoms with E-state index in [0.29, 0.717) is 37.2 Å². The molecular weight excluding hydrogens is 374 g/mol. The Morgan fingerprint density at radius 2 is 2.00 bits per heavy atom. The van der Waals surface area contributed by atoms with Crippen molar-refractivity contribution < 1.29 is 13.2 Å². The number of benzene rings is 2. The van der Waals surface area contributed by atoms with E-state index in [9.17, 15) is 13.2 Å². The van der Waals surface area contributed by atoms with E-state index in [0.717, 1.165) is 22.0 Å². The van der Waals surface area contributed by atoms with Gasteiger partial charge in [-0.3, -0.25) is 14.1 Å². The summed E-state index contributed by atoms with van der Waals surface area (Å²) < 4.78 is 25.0. The van der Waals surface area contributed by atoms with Gasteiger partial charge in [-0.05, 0) is 48.2 Å². The summed E-state index contributed by atoms with van der Waals surface area (Å²) in [6, 6.07) is 15.2. The first-order valence-electron chi connectivity index (χ1n) is 9.15. The number of nitrogens with one attached hydrogen (secondary N) is 1. The number of amides is 1. The van der Waals surface area contributed by atoms with Crippen LogP contribution in [0.2, 0.25) is 0 Å². The van der Waals surface area contributed by atoms with Crippen LogP contribution in [0.3, 0.4) is 0 Å². The summed E-state index contributed by atoms with van der Waals surface area (Å²) in [5, 5.41) is 4.03. The lowest BCUT2D eigenvalue weighted by molar-refractivity contribution is 0.0954. The number of carbonyl (C=O) groups is 1. The molecule has 6 nitrogen and oxygen atoms in total. The molecule has 1 N–H and O–H groups in total. The molecule has 1 aromatic heterocycles. The molecule has 0 spiro atoms. The number of hydrogen-bond donors (Lipinski definition) is 1. The smallest absolute Gasteiger partial charge is 0.251 e. The average Bonchev–Trinajstić information content (AvgIpc) is 3.12. The van der Waals surface area contributed by atoms with Crippen molar-refractivity contribution in [2.75, 3.05) is 23.7 Å². The molecule has 0 fully saturated rings. The van der Waals surface area contributed by atoms with Crippen LogP contribution in [0.25, 0.3) is 10.9 Å². The van der Waals surface area contributed by atoms with E-state index in [1.165, 1.54) is 10.6 Å². The molecular formula is C21H21N3O3S. The molecule has 2 heterocycles. The van der Waals surface area contributed by atoms with Gasteiger partial charge in [-0.15, -0.1) is 0 Å². The fourth-order valence-corrected chi connectivity index (χ4v) is 4.60. The van der Waals surface area contributed by atoms with Crippen molar-refractivity contribution in [2.45, 2.75) is 12.8 Å². The predicted octanol–water partition coefficient (Wildman–Crippen LogP) is 2.53. The Hall–Kier alpha value is -2.93. The van der Waals surface area contributed by atoms with Gasteiger partial charge >= 0.3 is 0 Å². The predicted molar refractivity (Wildman–Crippen MR) is 110 cm³/mol. The SMILES string of the molecule is CS(=O)(=O)N1CCc2cc(C(=O)NCCc3cccc4cccnc34)ccc21. The molecule has 0 saturated heterocycles. The van der Waals surface area contributed by atoms with Gasteiger partial charge in [-0.2, -0.15) is 0 Å². The molecule has 2 aromatic carbocycles. The fourth-order valence-electron chi connectivity index (χ4n) is 3.64. The Kier molecular flexibility index (Phi) is 4.77. The Labute approximate surface area is 164 Å². The largest absolute Gasteiger partial charge is 0.352 e. The van der Waals surface area contributed by atoms with Gasteiger partial charge in [0.25, 0.3) is 5.91 Å². The fraction of sp³-hybridized carbons (Fsp3) is 0.238. The first-order chi connectivity index (χ1) is 13.4. The van der Waals surface area contributed by atoms with E-state index in [1.807, 2.05) is 30.3 Å². The van der Waals surface area contributed by atoms with Crippen LogP contribution in [0, 0.1) is 0 Å². The zero-order valence-corrected chi connectivity index (χ0v) is 16.4. The highest BCUT2D eigenvalue weighted by Gasteiger charge is 2.26. The lowest BCUT2D eigenvalue weighted by Crippen LogP contribution is -2.27. The Balaban J connectivity index is 1.43. The standard InChI is InChI=1S/C21H21N3O3S/c1-28(26,27)24-13-10-17-14-18(7-8-19(17)24)21(25)23-12-9-16-5-2-4-15-6-3-11-22-20(15)16/h2-8,11,14H,9-10,12-13H2,1H3,(H,23,25). The summed E-state index contributed by atoms with van der Waals surface area (Å²) in [4.78, 5) is 17.0. The van der Waals surface area contributed by atoms with E-state index in [1.54, 1.807) is 24.4 Å². The second kappa shape index (κ2) is 7.24. The molecule has 0 atom stereocenters. The van der Waals surface area contributed by atoms with E-state index in [-0.39, 0.29) is 5.91 Å². The monoisotopic (exact) mass is 395 g/mol. The second-order valence-electron chi connectivity index (χ2n) is 6.93. The maximum Gasteiger partial charge on any atom is 0.251 e. The molecule has 1 aliphatic rings. The van der Waals surface area contributed by atoms with Gasteiger partial charge in [0.15, 0.2) is 0 Å². The van der Waals surface area contributed by atoms with Crippen LogP contribution in [0.5, 0.6) is 0 Å². The molecule has 0 radical (unpaired) electrons. The topological polar surface area (TPSA) is 79.4 Å². The molecule has 7 heteroatoms. The lowest BCUT2D eigenvalue weighted by Gasteiger charge is -2.16. The second-order valence-corrected chi connectivity index (χ2v) is 8.83. The number of anilines is 1. The van der Waals surface area contributed by atoms with Crippen molar-refractivity contribution in [2.24, 2.45) is 0 Å². The van der Waals surface area contributed by atoms with Crippen LogP contribution in [0.4, 0.5) is 5.69 Å². The van der Waals surface area contributed by atoms with Gasteiger partial charge in [-0.25, -0.2) is 8.42 Å². The Morgan fingerprint density at radius 3 is 2.82 bits per heavy atom. The number of para-hydroxylation sites is 1. The van der Waals surface area contributed by atoms with E-state index >= 15 is 0 Å². The normalized spacial score (nSPS) is 13.5. The third-order valence-electron chi connectivity index (χ3n) is 4.99. The number of rotatable bonds is 5. The first kappa shape index (κ1) is 18.4. The molecule has 144 valence electrons. The zero-order chi connectivity index (χ0) is 19.7. The van der Waals surface area contributed by atoms with Crippen molar-refractivity contribution >= 4 is 32.5 Å². The summed E-state index contributed by atoms with van der Waals surface area (Å²) in [6.45, 7) is 0.925. The number of pyridine rings is 1. The minimum Gasteiger partial charge on any atom is -0.352 e. The van der Waals surface area contributed by atoms with E-state index in [4.69, 9.17) is 0 Å². The van der Waals surface area contributed by atoms with Crippen LogP contribution < -0.4 is 9.62 Å². The quantitative estimate of drug-likeness (QED) is 0.720. The van der Waals surface area contributed by atoms with E-state index < -0.39 is 10.0 Å². The summed E-state index contributed by atoms with van der Waals surface area (Å²) >= 11 is 0. The van der Waals surface area contributed by atoms with Crippen LogP contribution in [-0.4, -0.2) is 38.7 Å². The molecule has 1 aliphatic heterocycles. The molecule has 1 amide bonds. The van der Waals surface area contributed by atoms with Crippen LogP contribution in [0.15, 0.2) is 54.7 Å². The van der Waals surface area contributed by atoms with Gasteiger partial charge in [0.05, 0.1) is 17.5 Å². The minimum absolute atomic E-state index is 0.159. The summed E-state index contributed by atoms with van der Waals surface area (Å²) in [5.74, 6) is -0.159. The number of hydrogen-bond acceptors (Lipinski definition) is 4. The highest BCUT2D eigenvalue weighted by molar-refractivity contribution is 7.92. The summed E-state index contributed by atoms with van der Waals surface area (Å²) in [7, 11) is -3.28. The van der Waals surface area contributed by atoms with Gasteiger partial charge in [-0.1, -0.05) is 24.3 Å². The lowest BCUT2D eigenvalue weighted by atomic mass is 10.1. The van der Waals surface area contributed by atoms with Crippen LogP contribution in [-0.2, 0) is 22.9 Å². The third-order valence-corrected chi connectivity index (χ3v) is 6.17. The molecule has 0 bridgehead atoms. The Bertz CT molecular complexity index is 1150. The Morgan fingerprint density at radius 1 is 1.18 bits per heavy atom. The maximum absolute atomic E-state index is 12.5. The van der Waals surface area contributed by atoms with Crippen molar-refractivity contribution in [1.82, 2.24) is 10.3 Å². The number of carbonyl (C=O) groups excluding carboxylic acids is 1. The highest BCUT2D eigenvalue weighted by atomic mass is 32.2. The molecule has 3 aromatic rings. The van der Waals surface area contributed by atoms with Crippen LogP contribution >= 0.6 is 0 Å². The highest BCUT2D eigenvalue weighted by Crippen LogP contribution is 2.30. The first-order valence-corrected chi connectivity index (χ1v) is 11.0. The molecule has 0 saturated carbocycles. The molecule has 0 aliphatic carbocycles. The van der Waals surface area contributed by atoms with Crippen molar-refractivity contribution in [3.05, 3.63) is 71.4 Å². The summed E-state index contributed by atoms with van der Waals surface area (Å²) in [6.07, 6.45) is 4.28. The molecule has 0 unspecified atom stereocenters. The van der Waals surface area contributed by atoms with E-state index in [2.05, 4.69) is 10.3 Å².